The molecule has 142 valence electrons. The van der Waals surface area contributed by atoms with Crippen LogP contribution in [0.3, 0.4) is 0 Å². The number of carbonyl (C=O) groups is 1. The number of halogens is 1. The number of fused-ring (bicyclic) bond motifs is 1. The highest BCUT2D eigenvalue weighted by molar-refractivity contribution is 5.76. The molecule has 0 aromatic heterocycles. The third-order valence-electron chi connectivity index (χ3n) is 5.59. The quantitative estimate of drug-likeness (QED) is 0.821. The molecule has 2 aliphatic rings. The van der Waals surface area contributed by atoms with E-state index in [0.29, 0.717) is 31.4 Å². The molecular formula is C22H24FNO3. The van der Waals surface area contributed by atoms with E-state index in [9.17, 15) is 14.3 Å². The molecule has 1 aliphatic carbocycles. The molecule has 1 saturated carbocycles. The lowest BCUT2D eigenvalue weighted by atomic mass is 9.74. The smallest absolute Gasteiger partial charge is 0.220 e. The predicted octanol–water partition coefficient (Wildman–Crippen LogP) is 3.32. The minimum absolute atomic E-state index is 0.0959. The number of aliphatic hydroxyl groups excluding tert-OH is 1. The van der Waals surface area contributed by atoms with Gasteiger partial charge in [0.1, 0.15) is 11.6 Å². The van der Waals surface area contributed by atoms with Crippen molar-refractivity contribution < 1.29 is 19.0 Å². The zero-order chi connectivity index (χ0) is 18.8. The second kappa shape index (κ2) is 7.69. The lowest BCUT2D eigenvalue weighted by molar-refractivity contribution is -0.123. The molecular weight excluding hydrogens is 345 g/mol. The first-order chi connectivity index (χ1) is 13.1. The molecule has 0 saturated heterocycles. The minimum atomic E-state index is -0.287. The van der Waals surface area contributed by atoms with Crippen molar-refractivity contribution in [2.75, 3.05) is 6.61 Å². The first-order valence-electron chi connectivity index (χ1n) is 9.56. The Labute approximate surface area is 158 Å². The van der Waals surface area contributed by atoms with Gasteiger partial charge >= 0.3 is 0 Å². The molecule has 4 rings (SSSR count). The van der Waals surface area contributed by atoms with Crippen LogP contribution >= 0.6 is 0 Å². The monoisotopic (exact) mass is 369 g/mol. The lowest BCUT2D eigenvalue weighted by Gasteiger charge is -2.38. The van der Waals surface area contributed by atoms with E-state index in [-0.39, 0.29) is 36.2 Å². The van der Waals surface area contributed by atoms with Crippen molar-refractivity contribution in [1.29, 1.82) is 0 Å². The number of hydrogen-bond donors (Lipinski definition) is 2. The van der Waals surface area contributed by atoms with Gasteiger partial charge in [0.2, 0.25) is 5.91 Å². The molecule has 2 N–H and O–H groups in total. The van der Waals surface area contributed by atoms with Crippen LogP contribution < -0.4 is 10.1 Å². The van der Waals surface area contributed by atoms with Crippen LogP contribution in [0.15, 0.2) is 42.5 Å². The molecule has 1 fully saturated rings. The highest BCUT2D eigenvalue weighted by Gasteiger charge is 2.36. The third-order valence-corrected chi connectivity index (χ3v) is 5.59. The zero-order valence-corrected chi connectivity index (χ0v) is 15.2. The van der Waals surface area contributed by atoms with Crippen LogP contribution in [0.1, 0.15) is 42.0 Å². The van der Waals surface area contributed by atoms with Crippen LogP contribution in [-0.4, -0.2) is 23.7 Å². The number of hydrogen-bond acceptors (Lipinski definition) is 3. The SMILES string of the molecule is O=C(CCc1ccccc1F)N[C@H](c1ccc2c(c1)CCO2)C1CC(O)C1. The number of nitrogens with one attached hydrogen (secondary N) is 1. The van der Waals surface area contributed by atoms with Crippen molar-refractivity contribution in [3.8, 4) is 5.75 Å². The lowest BCUT2D eigenvalue weighted by Crippen LogP contribution is -2.41. The van der Waals surface area contributed by atoms with Gasteiger partial charge in [-0.1, -0.05) is 24.3 Å². The minimum Gasteiger partial charge on any atom is -0.493 e. The Morgan fingerprint density at radius 2 is 2.07 bits per heavy atom. The molecule has 1 amide bonds. The summed E-state index contributed by atoms with van der Waals surface area (Å²) in [5.41, 5.74) is 2.77. The first-order valence-corrected chi connectivity index (χ1v) is 9.56. The molecule has 0 bridgehead atoms. The molecule has 5 heteroatoms. The van der Waals surface area contributed by atoms with Gasteiger partial charge in [0.15, 0.2) is 0 Å². The number of aryl methyl sites for hydroxylation is 1. The topological polar surface area (TPSA) is 58.6 Å². The fourth-order valence-corrected chi connectivity index (χ4v) is 3.97. The van der Waals surface area contributed by atoms with Gasteiger partial charge in [0.05, 0.1) is 18.8 Å². The summed E-state index contributed by atoms with van der Waals surface area (Å²) >= 11 is 0. The van der Waals surface area contributed by atoms with Crippen molar-refractivity contribution >= 4 is 5.91 Å². The third kappa shape index (κ3) is 3.98. The van der Waals surface area contributed by atoms with Gasteiger partial charge in [0.25, 0.3) is 0 Å². The maximum absolute atomic E-state index is 13.8. The van der Waals surface area contributed by atoms with E-state index in [2.05, 4.69) is 11.4 Å². The van der Waals surface area contributed by atoms with Gasteiger partial charge in [-0.05, 0) is 60.1 Å². The molecule has 1 atom stereocenters. The van der Waals surface area contributed by atoms with E-state index in [4.69, 9.17) is 4.74 Å². The van der Waals surface area contributed by atoms with Crippen LogP contribution in [0.4, 0.5) is 4.39 Å². The van der Waals surface area contributed by atoms with Gasteiger partial charge < -0.3 is 15.2 Å². The standard InChI is InChI=1S/C22H24FNO3/c23-19-4-2-1-3-14(19)6-8-21(26)24-22(17-12-18(25)13-17)16-5-7-20-15(11-16)9-10-27-20/h1-5,7,11,17-18,22,25H,6,8-10,12-13H2,(H,24,26)/t17?,18?,22-/m1/s1. The van der Waals surface area contributed by atoms with E-state index in [1.54, 1.807) is 18.2 Å². The van der Waals surface area contributed by atoms with Gasteiger partial charge in [0, 0.05) is 12.8 Å². The van der Waals surface area contributed by atoms with Gasteiger partial charge in [-0.15, -0.1) is 0 Å². The fourth-order valence-electron chi connectivity index (χ4n) is 3.97. The summed E-state index contributed by atoms with van der Waals surface area (Å²) in [5.74, 6) is 0.763. The van der Waals surface area contributed by atoms with Crippen LogP contribution in [-0.2, 0) is 17.6 Å². The molecule has 0 unspecified atom stereocenters. The van der Waals surface area contributed by atoms with Crippen molar-refractivity contribution in [1.82, 2.24) is 5.32 Å². The number of ether oxygens (including phenoxy) is 1. The summed E-state index contributed by atoms with van der Waals surface area (Å²) in [6.45, 7) is 0.695. The Balaban J connectivity index is 1.45. The van der Waals surface area contributed by atoms with Crippen LogP contribution in [0, 0.1) is 11.7 Å². The fraction of sp³-hybridized carbons (Fsp3) is 0.409. The number of carbonyl (C=O) groups excluding carboxylic acids is 1. The zero-order valence-electron chi connectivity index (χ0n) is 15.2. The van der Waals surface area contributed by atoms with E-state index in [1.807, 2.05) is 12.1 Å². The summed E-state index contributed by atoms with van der Waals surface area (Å²) in [6.07, 6.45) is 2.57. The summed E-state index contributed by atoms with van der Waals surface area (Å²) in [5, 5.41) is 12.8. The Hall–Kier alpha value is -2.40. The number of aliphatic hydroxyl groups is 1. The van der Waals surface area contributed by atoms with Crippen molar-refractivity contribution in [2.24, 2.45) is 5.92 Å². The number of amides is 1. The van der Waals surface area contributed by atoms with Crippen LogP contribution in [0.2, 0.25) is 0 Å². The predicted molar refractivity (Wildman–Crippen MR) is 100.0 cm³/mol. The summed E-state index contributed by atoms with van der Waals surface area (Å²) in [4.78, 5) is 12.6. The normalized spacial score (nSPS) is 21.7. The van der Waals surface area contributed by atoms with Crippen LogP contribution in [0.25, 0.3) is 0 Å². The molecule has 2 aromatic carbocycles. The first kappa shape index (κ1) is 18.0. The summed E-state index contributed by atoms with van der Waals surface area (Å²) in [7, 11) is 0. The van der Waals surface area contributed by atoms with Crippen molar-refractivity contribution in [2.45, 2.75) is 44.2 Å². The van der Waals surface area contributed by atoms with E-state index >= 15 is 0 Å². The second-order valence-corrected chi connectivity index (χ2v) is 7.49. The number of benzene rings is 2. The molecule has 1 heterocycles. The van der Waals surface area contributed by atoms with Crippen molar-refractivity contribution in [3.05, 3.63) is 65.0 Å². The largest absolute Gasteiger partial charge is 0.493 e. The average molecular weight is 369 g/mol. The average Bonchev–Trinajstić information content (AvgIpc) is 3.11. The molecule has 0 radical (unpaired) electrons. The highest BCUT2D eigenvalue weighted by atomic mass is 19.1. The Bertz CT molecular complexity index is 832. The van der Waals surface area contributed by atoms with E-state index in [0.717, 1.165) is 23.3 Å². The maximum atomic E-state index is 13.8. The maximum Gasteiger partial charge on any atom is 0.220 e. The van der Waals surface area contributed by atoms with Gasteiger partial charge in [-0.2, -0.15) is 0 Å². The molecule has 4 nitrogen and oxygen atoms in total. The molecule has 27 heavy (non-hydrogen) atoms. The summed E-state index contributed by atoms with van der Waals surface area (Å²) in [6, 6.07) is 12.5. The van der Waals surface area contributed by atoms with Crippen molar-refractivity contribution in [3.63, 3.8) is 0 Å². The highest BCUT2D eigenvalue weighted by Crippen LogP contribution is 2.39. The summed E-state index contributed by atoms with van der Waals surface area (Å²) < 4.78 is 19.3. The number of rotatable bonds is 6. The second-order valence-electron chi connectivity index (χ2n) is 7.49. The molecule has 0 spiro atoms. The Kier molecular flexibility index (Phi) is 5.12. The Morgan fingerprint density at radius 3 is 2.85 bits per heavy atom. The van der Waals surface area contributed by atoms with E-state index < -0.39 is 0 Å². The van der Waals surface area contributed by atoms with Crippen LogP contribution in [0.5, 0.6) is 5.75 Å². The van der Waals surface area contributed by atoms with Gasteiger partial charge in [-0.25, -0.2) is 4.39 Å². The van der Waals surface area contributed by atoms with Gasteiger partial charge in [-0.3, -0.25) is 4.79 Å². The molecule has 1 aliphatic heterocycles. The van der Waals surface area contributed by atoms with E-state index in [1.165, 1.54) is 6.07 Å². The Morgan fingerprint density at radius 1 is 1.26 bits per heavy atom. The molecule has 2 aromatic rings.